The lowest BCUT2D eigenvalue weighted by atomic mass is 10.1. The number of alkyl halides is 3. The van der Waals surface area contributed by atoms with Crippen LogP contribution in [0, 0.1) is 0 Å². The monoisotopic (exact) mass is 430 g/mol. The first-order valence-corrected chi connectivity index (χ1v) is 9.45. The lowest BCUT2D eigenvalue weighted by Gasteiger charge is -2.45. The molecule has 10 heteroatoms. The molecule has 2 saturated heterocycles. The highest BCUT2D eigenvalue weighted by Gasteiger charge is 2.38. The van der Waals surface area contributed by atoms with Crippen molar-refractivity contribution < 1.29 is 37.3 Å². The molecule has 1 N–H and O–H groups in total. The largest absolute Gasteiger partial charge is 0.490 e. The molecule has 0 aromatic heterocycles. The molecule has 0 spiro atoms. The number of halogens is 3. The summed E-state index contributed by atoms with van der Waals surface area (Å²) in [6.07, 6.45) is -3.13. The second-order valence-electron chi connectivity index (χ2n) is 6.87. The van der Waals surface area contributed by atoms with E-state index in [1.807, 2.05) is 29.2 Å². The van der Waals surface area contributed by atoms with Crippen LogP contribution >= 0.6 is 0 Å². The molecule has 2 bridgehead atoms. The molecule has 30 heavy (non-hydrogen) atoms. The van der Waals surface area contributed by atoms with E-state index in [9.17, 15) is 18.0 Å². The minimum absolute atomic E-state index is 0.0727. The molecule has 0 saturated carbocycles. The van der Waals surface area contributed by atoms with E-state index >= 15 is 0 Å². The summed E-state index contributed by atoms with van der Waals surface area (Å²) in [5, 5.41) is 7.12. The Labute approximate surface area is 172 Å². The van der Waals surface area contributed by atoms with Crippen molar-refractivity contribution in [2.45, 2.75) is 25.3 Å². The molecule has 1 aromatic carbocycles. The van der Waals surface area contributed by atoms with Gasteiger partial charge in [0.25, 0.3) is 5.91 Å². The molecule has 2 aliphatic heterocycles. The van der Waals surface area contributed by atoms with Gasteiger partial charge in [-0.05, 0) is 30.8 Å². The second-order valence-corrected chi connectivity index (χ2v) is 6.87. The van der Waals surface area contributed by atoms with Gasteiger partial charge in [-0.1, -0.05) is 19.6 Å². The highest BCUT2D eigenvalue weighted by atomic mass is 19.4. The Morgan fingerprint density at radius 3 is 2.17 bits per heavy atom. The first-order chi connectivity index (χ1) is 14.1. The summed E-state index contributed by atoms with van der Waals surface area (Å²) in [6, 6.07) is 7.31. The number of amides is 1. The van der Waals surface area contributed by atoms with Gasteiger partial charge in [-0.3, -0.25) is 9.69 Å². The summed E-state index contributed by atoms with van der Waals surface area (Å²) in [5.74, 6) is -1.94. The van der Waals surface area contributed by atoms with Crippen LogP contribution in [-0.4, -0.2) is 84.5 Å². The van der Waals surface area contributed by atoms with Crippen LogP contribution in [0.25, 0.3) is 0 Å². The Hall–Kier alpha value is -2.59. The fourth-order valence-electron chi connectivity index (χ4n) is 3.23. The molecular weight excluding hydrogens is 405 g/mol. The molecule has 2 atom stereocenters. The zero-order valence-electron chi connectivity index (χ0n) is 16.6. The molecule has 1 aromatic rings. The molecular formula is C20H25F3N2O5. The maximum absolute atomic E-state index is 12.7. The Morgan fingerprint density at radius 2 is 1.73 bits per heavy atom. The Balaban J connectivity index is 0.000000396. The van der Waals surface area contributed by atoms with Gasteiger partial charge in [0, 0.05) is 31.7 Å². The van der Waals surface area contributed by atoms with Crippen LogP contribution in [0.3, 0.4) is 0 Å². The number of benzene rings is 1. The molecule has 0 radical (unpaired) electrons. The fourth-order valence-corrected chi connectivity index (χ4v) is 3.23. The molecule has 2 aliphatic rings. The molecule has 1 amide bonds. The van der Waals surface area contributed by atoms with Gasteiger partial charge in [-0.25, -0.2) is 4.79 Å². The average Bonchev–Trinajstić information content (AvgIpc) is 2.71. The molecule has 0 aliphatic carbocycles. The van der Waals surface area contributed by atoms with Gasteiger partial charge in [0.05, 0.1) is 12.2 Å². The number of carbonyl (C=O) groups is 2. The quantitative estimate of drug-likeness (QED) is 0.723. The summed E-state index contributed by atoms with van der Waals surface area (Å²) in [7, 11) is 0. The normalized spacial score (nSPS) is 21.3. The van der Waals surface area contributed by atoms with Gasteiger partial charge in [0.2, 0.25) is 0 Å². The predicted molar refractivity (Wildman–Crippen MR) is 103 cm³/mol. The van der Waals surface area contributed by atoms with Crippen molar-refractivity contribution in [1.82, 2.24) is 9.80 Å². The fraction of sp³-hybridized carbons (Fsp3) is 0.500. The first-order valence-electron chi connectivity index (χ1n) is 9.45. The van der Waals surface area contributed by atoms with Crippen LogP contribution in [0.15, 0.2) is 36.9 Å². The average molecular weight is 430 g/mol. The zero-order valence-corrected chi connectivity index (χ0v) is 16.6. The highest BCUT2D eigenvalue weighted by Crippen LogP contribution is 2.21. The van der Waals surface area contributed by atoms with E-state index in [-0.39, 0.29) is 18.1 Å². The van der Waals surface area contributed by atoms with Crippen LogP contribution in [0.4, 0.5) is 13.2 Å². The number of hydrogen-bond donors (Lipinski definition) is 1. The predicted octanol–water partition coefficient (Wildman–Crippen LogP) is 2.43. The van der Waals surface area contributed by atoms with Gasteiger partial charge in [0.1, 0.15) is 12.4 Å². The van der Waals surface area contributed by atoms with Crippen molar-refractivity contribution >= 4 is 11.9 Å². The number of likely N-dealkylation sites (N-methyl/N-ethyl adjacent to an activating group) is 1. The molecule has 7 nitrogen and oxygen atoms in total. The maximum atomic E-state index is 12.7. The summed E-state index contributed by atoms with van der Waals surface area (Å²) >= 11 is 0. The Bertz CT molecular complexity index is 725. The number of ether oxygens (including phenoxy) is 2. The Kier molecular flexibility index (Phi) is 8.24. The van der Waals surface area contributed by atoms with E-state index in [4.69, 9.17) is 19.4 Å². The molecule has 3 rings (SSSR count). The van der Waals surface area contributed by atoms with Crippen LogP contribution in [0.1, 0.15) is 17.3 Å². The number of fused-ring (bicyclic) bond motifs is 2. The first kappa shape index (κ1) is 23.7. The van der Waals surface area contributed by atoms with E-state index in [1.54, 1.807) is 6.08 Å². The number of aliphatic carboxylic acids is 1. The number of carboxylic acids is 1. The molecule has 166 valence electrons. The van der Waals surface area contributed by atoms with Gasteiger partial charge in [0.15, 0.2) is 0 Å². The van der Waals surface area contributed by atoms with Gasteiger partial charge >= 0.3 is 12.1 Å². The van der Waals surface area contributed by atoms with Crippen molar-refractivity contribution in [3.8, 4) is 5.75 Å². The third-order valence-corrected chi connectivity index (χ3v) is 4.60. The lowest BCUT2D eigenvalue weighted by Crippen LogP contribution is -2.60. The number of morpholine rings is 2. The van der Waals surface area contributed by atoms with Crippen molar-refractivity contribution in [2.75, 3.05) is 39.3 Å². The minimum atomic E-state index is -5.08. The summed E-state index contributed by atoms with van der Waals surface area (Å²) in [6.45, 7) is 10.4. The van der Waals surface area contributed by atoms with Crippen LogP contribution < -0.4 is 4.74 Å². The van der Waals surface area contributed by atoms with Crippen LogP contribution in [0.2, 0.25) is 0 Å². The maximum Gasteiger partial charge on any atom is 0.490 e. The number of hydrogen-bond acceptors (Lipinski definition) is 5. The van der Waals surface area contributed by atoms with E-state index in [2.05, 4.69) is 18.4 Å². The van der Waals surface area contributed by atoms with E-state index in [0.717, 1.165) is 25.4 Å². The zero-order chi connectivity index (χ0) is 22.3. The van der Waals surface area contributed by atoms with Crippen molar-refractivity contribution in [2.24, 2.45) is 0 Å². The van der Waals surface area contributed by atoms with Gasteiger partial charge in [-0.2, -0.15) is 13.2 Å². The van der Waals surface area contributed by atoms with Crippen molar-refractivity contribution in [3.05, 3.63) is 42.5 Å². The van der Waals surface area contributed by atoms with E-state index in [1.165, 1.54) is 0 Å². The van der Waals surface area contributed by atoms with E-state index in [0.29, 0.717) is 25.3 Å². The standard InChI is InChI=1S/C18H24N2O3.C2HF3O2/c1-3-9-22-15-7-5-14(6-8-15)18(21)20-12-16-10-19(4-2)11-17(13-20)23-16;3-2(4,5)1(6)7/h3,5-8,16-17H,1,4,9-13H2,2H3;(H,6,7). The molecule has 2 heterocycles. The van der Waals surface area contributed by atoms with Gasteiger partial charge in [-0.15, -0.1) is 0 Å². The van der Waals surface area contributed by atoms with Crippen LogP contribution in [-0.2, 0) is 9.53 Å². The highest BCUT2D eigenvalue weighted by molar-refractivity contribution is 5.94. The van der Waals surface area contributed by atoms with Crippen molar-refractivity contribution in [3.63, 3.8) is 0 Å². The SMILES string of the molecule is C=CCOc1ccc(C(=O)N2CC3CN(CC)CC(C2)O3)cc1.O=C(O)C(F)(F)F. The topological polar surface area (TPSA) is 79.3 Å². The number of carboxylic acid groups (broad SMARTS) is 1. The Morgan fingerprint density at radius 1 is 1.20 bits per heavy atom. The second kappa shape index (κ2) is 10.4. The number of carbonyl (C=O) groups excluding carboxylic acids is 1. The van der Waals surface area contributed by atoms with E-state index < -0.39 is 12.1 Å². The molecule has 2 unspecified atom stereocenters. The van der Waals surface area contributed by atoms with Crippen molar-refractivity contribution in [1.29, 1.82) is 0 Å². The number of nitrogens with zero attached hydrogens (tertiary/aromatic N) is 2. The number of rotatable bonds is 5. The third-order valence-electron chi connectivity index (χ3n) is 4.60. The summed E-state index contributed by atoms with van der Waals surface area (Å²) in [4.78, 5) is 25.9. The smallest absolute Gasteiger partial charge is 0.490 e. The lowest BCUT2D eigenvalue weighted by molar-refractivity contribution is -0.192. The van der Waals surface area contributed by atoms with Gasteiger partial charge < -0.3 is 19.5 Å². The summed E-state index contributed by atoms with van der Waals surface area (Å²) < 4.78 is 43.2. The minimum Gasteiger partial charge on any atom is -0.490 e. The van der Waals surface area contributed by atoms with Crippen LogP contribution in [0.5, 0.6) is 5.75 Å². The molecule has 2 fully saturated rings. The third kappa shape index (κ3) is 6.74. The summed E-state index contributed by atoms with van der Waals surface area (Å²) in [5.41, 5.74) is 0.697.